The van der Waals surface area contributed by atoms with E-state index in [1.54, 1.807) is 0 Å². The van der Waals surface area contributed by atoms with Crippen LogP contribution in [0, 0.1) is 5.92 Å². The lowest BCUT2D eigenvalue weighted by Crippen LogP contribution is -2.41. The monoisotopic (exact) mass is 199 g/mol. The molecule has 2 N–H and O–H groups in total. The minimum atomic E-state index is 0.361. The molecule has 0 amide bonds. The van der Waals surface area contributed by atoms with Crippen molar-refractivity contribution in [3.8, 4) is 0 Å². The van der Waals surface area contributed by atoms with E-state index in [0.29, 0.717) is 24.6 Å². The van der Waals surface area contributed by atoms with Crippen molar-refractivity contribution >= 4 is 0 Å². The second-order valence-electron chi connectivity index (χ2n) is 4.54. The first-order chi connectivity index (χ1) is 6.81. The smallest absolute Gasteiger partial charge is 0.0474 e. The third kappa shape index (κ3) is 3.25. The van der Waals surface area contributed by atoms with E-state index in [1.165, 1.54) is 38.5 Å². The molecule has 0 aromatic carbocycles. The Morgan fingerprint density at radius 2 is 2.14 bits per heavy atom. The minimum absolute atomic E-state index is 0.361. The molecule has 1 saturated carbocycles. The zero-order chi connectivity index (χ0) is 10.4. The summed E-state index contributed by atoms with van der Waals surface area (Å²) in [6.07, 6.45) is 7.48. The summed E-state index contributed by atoms with van der Waals surface area (Å²) in [6.45, 7) is 4.85. The molecule has 0 radical (unpaired) electrons. The average molecular weight is 199 g/mol. The maximum atomic E-state index is 9.21. The van der Waals surface area contributed by atoms with E-state index >= 15 is 0 Å². The summed E-state index contributed by atoms with van der Waals surface area (Å²) < 4.78 is 0. The highest BCUT2D eigenvalue weighted by atomic mass is 16.3. The molecule has 0 aromatic rings. The van der Waals surface area contributed by atoms with Gasteiger partial charge in [-0.25, -0.2) is 0 Å². The van der Waals surface area contributed by atoms with Crippen molar-refractivity contribution in [1.82, 2.24) is 5.32 Å². The van der Waals surface area contributed by atoms with E-state index in [1.807, 2.05) is 0 Å². The van der Waals surface area contributed by atoms with Crippen LogP contribution in [0.1, 0.15) is 52.4 Å². The van der Waals surface area contributed by atoms with Gasteiger partial charge in [0.25, 0.3) is 0 Å². The zero-order valence-electron chi connectivity index (χ0n) is 9.63. The van der Waals surface area contributed by atoms with Gasteiger partial charge in [0.05, 0.1) is 0 Å². The van der Waals surface area contributed by atoms with Crippen molar-refractivity contribution in [2.24, 2.45) is 5.92 Å². The SMILES string of the molecule is CCCC(CC)NC1CCCC1CO. The van der Waals surface area contributed by atoms with Crippen molar-refractivity contribution in [1.29, 1.82) is 0 Å². The highest BCUT2D eigenvalue weighted by Crippen LogP contribution is 2.26. The quantitative estimate of drug-likeness (QED) is 0.688. The molecule has 3 atom stereocenters. The Morgan fingerprint density at radius 1 is 1.36 bits per heavy atom. The van der Waals surface area contributed by atoms with E-state index in [9.17, 15) is 5.11 Å². The van der Waals surface area contributed by atoms with Gasteiger partial charge in [0, 0.05) is 18.7 Å². The topological polar surface area (TPSA) is 32.3 Å². The maximum Gasteiger partial charge on any atom is 0.0474 e. The fraction of sp³-hybridized carbons (Fsp3) is 1.00. The van der Waals surface area contributed by atoms with Gasteiger partial charge in [-0.05, 0) is 31.6 Å². The Hall–Kier alpha value is -0.0800. The van der Waals surface area contributed by atoms with Gasteiger partial charge >= 0.3 is 0 Å². The van der Waals surface area contributed by atoms with Crippen LogP contribution in [0.3, 0.4) is 0 Å². The Bertz CT molecular complexity index is 149. The van der Waals surface area contributed by atoms with Gasteiger partial charge in [-0.3, -0.25) is 0 Å². The number of aliphatic hydroxyl groups is 1. The average Bonchev–Trinajstić information content (AvgIpc) is 2.64. The van der Waals surface area contributed by atoms with E-state index in [-0.39, 0.29) is 0 Å². The molecule has 0 heterocycles. The van der Waals surface area contributed by atoms with Gasteiger partial charge in [0.15, 0.2) is 0 Å². The Labute approximate surface area is 88.1 Å². The van der Waals surface area contributed by atoms with Crippen LogP contribution in [0.2, 0.25) is 0 Å². The molecular formula is C12H25NO. The van der Waals surface area contributed by atoms with Gasteiger partial charge in [-0.15, -0.1) is 0 Å². The van der Waals surface area contributed by atoms with Crippen LogP contribution >= 0.6 is 0 Å². The van der Waals surface area contributed by atoms with Crippen molar-refractivity contribution < 1.29 is 5.11 Å². The summed E-state index contributed by atoms with van der Waals surface area (Å²) in [7, 11) is 0. The Morgan fingerprint density at radius 3 is 2.71 bits per heavy atom. The van der Waals surface area contributed by atoms with Gasteiger partial charge < -0.3 is 10.4 Å². The Kier molecular flexibility index (Phi) is 5.49. The molecule has 1 aliphatic carbocycles. The third-order valence-corrected chi connectivity index (χ3v) is 3.47. The number of hydrogen-bond acceptors (Lipinski definition) is 2. The molecule has 0 spiro atoms. The van der Waals surface area contributed by atoms with E-state index < -0.39 is 0 Å². The zero-order valence-corrected chi connectivity index (χ0v) is 9.63. The molecular weight excluding hydrogens is 174 g/mol. The number of rotatable bonds is 6. The van der Waals surface area contributed by atoms with E-state index in [2.05, 4.69) is 19.2 Å². The highest BCUT2D eigenvalue weighted by molar-refractivity contribution is 4.85. The molecule has 0 bridgehead atoms. The van der Waals surface area contributed by atoms with E-state index in [4.69, 9.17) is 0 Å². The van der Waals surface area contributed by atoms with Crippen LogP contribution < -0.4 is 5.32 Å². The van der Waals surface area contributed by atoms with Crippen LogP contribution in [-0.4, -0.2) is 23.8 Å². The van der Waals surface area contributed by atoms with Crippen LogP contribution in [0.25, 0.3) is 0 Å². The second-order valence-corrected chi connectivity index (χ2v) is 4.54. The van der Waals surface area contributed by atoms with Crippen molar-refractivity contribution in [2.75, 3.05) is 6.61 Å². The summed E-state index contributed by atoms with van der Waals surface area (Å²) in [5.74, 6) is 0.515. The molecule has 84 valence electrons. The van der Waals surface area contributed by atoms with Crippen molar-refractivity contribution in [3.05, 3.63) is 0 Å². The van der Waals surface area contributed by atoms with Crippen LogP contribution in [0.5, 0.6) is 0 Å². The first kappa shape index (κ1) is 12.0. The van der Waals surface area contributed by atoms with Gasteiger partial charge in [0.1, 0.15) is 0 Å². The predicted octanol–water partition coefficient (Wildman–Crippen LogP) is 2.32. The fourth-order valence-electron chi connectivity index (χ4n) is 2.53. The number of hydrogen-bond donors (Lipinski definition) is 2. The van der Waals surface area contributed by atoms with E-state index in [0.717, 1.165) is 0 Å². The molecule has 1 rings (SSSR count). The minimum Gasteiger partial charge on any atom is -0.396 e. The van der Waals surface area contributed by atoms with Gasteiger partial charge in [0.2, 0.25) is 0 Å². The second kappa shape index (κ2) is 6.41. The lowest BCUT2D eigenvalue weighted by Gasteiger charge is -2.25. The predicted molar refractivity (Wildman–Crippen MR) is 60.3 cm³/mol. The lowest BCUT2D eigenvalue weighted by molar-refractivity contribution is 0.197. The third-order valence-electron chi connectivity index (χ3n) is 3.47. The molecule has 1 fully saturated rings. The molecule has 0 aromatic heterocycles. The Balaban J connectivity index is 2.32. The standard InChI is InChI=1S/C12H25NO/c1-3-6-11(4-2)13-12-8-5-7-10(12)9-14/h10-14H,3-9H2,1-2H3. The van der Waals surface area contributed by atoms with Crippen LogP contribution in [0.4, 0.5) is 0 Å². The normalized spacial score (nSPS) is 29.4. The van der Waals surface area contributed by atoms with Gasteiger partial charge in [-0.2, -0.15) is 0 Å². The number of aliphatic hydroxyl groups excluding tert-OH is 1. The molecule has 2 nitrogen and oxygen atoms in total. The molecule has 0 saturated heterocycles. The number of nitrogens with one attached hydrogen (secondary N) is 1. The molecule has 14 heavy (non-hydrogen) atoms. The first-order valence-corrected chi connectivity index (χ1v) is 6.18. The lowest BCUT2D eigenvalue weighted by atomic mass is 10.0. The molecule has 2 heteroatoms. The fourth-order valence-corrected chi connectivity index (χ4v) is 2.53. The highest BCUT2D eigenvalue weighted by Gasteiger charge is 2.27. The largest absolute Gasteiger partial charge is 0.396 e. The first-order valence-electron chi connectivity index (χ1n) is 6.18. The molecule has 0 aliphatic heterocycles. The molecule has 1 aliphatic rings. The van der Waals surface area contributed by atoms with Crippen molar-refractivity contribution in [2.45, 2.75) is 64.5 Å². The maximum absolute atomic E-state index is 9.21. The molecule has 3 unspecified atom stereocenters. The van der Waals surface area contributed by atoms with Crippen LogP contribution in [0.15, 0.2) is 0 Å². The summed E-state index contributed by atoms with van der Waals surface area (Å²) in [4.78, 5) is 0. The summed E-state index contributed by atoms with van der Waals surface area (Å²) in [5, 5.41) is 12.9. The summed E-state index contributed by atoms with van der Waals surface area (Å²) in [5.41, 5.74) is 0. The summed E-state index contributed by atoms with van der Waals surface area (Å²) in [6, 6.07) is 1.24. The van der Waals surface area contributed by atoms with Crippen molar-refractivity contribution in [3.63, 3.8) is 0 Å². The van der Waals surface area contributed by atoms with Crippen LogP contribution in [-0.2, 0) is 0 Å². The van der Waals surface area contributed by atoms with Gasteiger partial charge in [-0.1, -0.05) is 26.7 Å². The summed E-state index contributed by atoms with van der Waals surface area (Å²) >= 11 is 0.